The summed E-state index contributed by atoms with van der Waals surface area (Å²) in [6.07, 6.45) is 0. The van der Waals surface area contributed by atoms with E-state index in [1.807, 2.05) is 48.5 Å². The molecule has 0 bridgehead atoms. The van der Waals surface area contributed by atoms with Crippen LogP contribution in [0.4, 0.5) is 0 Å². The van der Waals surface area contributed by atoms with Crippen LogP contribution in [-0.4, -0.2) is 10.2 Å². The van der Waals surface area contributed by atoms with E-state index in [1.165, 1.54) is 0 Å². The maximum Gasteiger partial charge on any atom is 0.115 e. The van der Waals surface area contributed by atoms with E-state index in [1.54, 1.807) is 24.3 Å². The molecule has 0 saturated carbocycles. The molecule has 0 saturated heterocycles. The van der Waals surface area contributed by atoms with Crippen molar-refractivity contribution in [2.75, 3.05) is 0 Å². The molecule has 0 atom stereocenters. The molecule has 3 aromatic carbocycles. The largest absolute Gasteiger partial charge is 0.508 e. The van der Waals surface area contributed by atoms with Crippen LogP contribution in [0.3, 0.4) is 0 Å². The van der Waals surface area contributed by atoms with E-state index in [0.717, 1.165) is 16.7 Å². The average Bonchev–Trinajstić information content (AvgIpc) is 2.56. The molecule has 0 amide bonds. The summed E-state index contributed by atoms with van der Waals surface area (Å²) in [4.78, 5) is 0. The summed E-state index contributed by atoms with van der Waals surface area (Å²) >= 11 is 6.03. The molecule has 3 heteroatoms. The van der Waals surface area contributed by atoms with Crippen molar-refractivity contribution in [2.45, 2.75) is 12.3 Å². The van der Waals surface area contributed by atoms with E-state index in [2.05, 4.69) is 6.92 Å². The van der Waals surface area contributed by atoms with Gasteiger partial charge in [-0.1, -0.05) is 48.0 Å². The van der Waals surface area contributed by atoms with E-state index < -0.39 is 5.41 Å². The highest BCUT2D eigenvalue weighted by atomic mass is 35.5. The van der Waals surface area contributed by atoms with Gasteiger partial charge in [0.25, 0.3) is 0 Å². The molecule has 0 spiro atoms. The highest BCUT2D eigenvalue weighted by molar-refractivity contribution is 6.30. The number of rotatable bonds is 3. The Morgan fingerprint density at radius 2 is 0.913 bits per heavy atom. The van der Waals surface area contributed by atoms with E-state index in [0.29, 0.717) is 5.02 Å². The number of phenolic OH excluding ortho intramolecular Hbond substituents is 2. The highest BCUT2D eigenvalue weighted by Crippen LogP contribution is 2.40. The molecule has 0 aliphatic heterocycles. The van der Waals surface area contributed by atoms with Gasteiger partial charge in [0.05, 0.1) is 0 Å². The number of phenols is 2. The van der Waals surface area contributed by atoms with Gasteiger partial charge in [-0.25, -0.2) is 0 Å². The second-order valence-corrected chi connectivity index (χ2v) is 6.16. The van der Waals surface area contributed by atoms with Gasteiger partial charge in [-0.05, 0) is 60.0 Å². The van der Waals surface area contributed by atoms with Crippen LogP contribution in [0.2, 0.25) is 5.02 Å². The summed E-state index contributed by atoms with van der Waals surface area (Å²) in [6.45, 7) is 2.12. The number of halogens is 1. The molecule has 116 valence electrons. The Morgan fingerprint density at radius 3 is 1.26 bits per heavy atom. The van der Waals surface area contributed by atoms with Crippen LogP contribution < -0.4 is 0 Å². The Balaban J connectivity index is 2.21. The Hall–Kier alpha value is -2.45. The minimum Gasteiger partial charge on any atom is -0.508 e. The molecule has 0 heterocycles. The van der Waals surface area contributed by atoms with Gasteiger partial charge in [-0.15, -0.1) is 0 Å². The molecule has 23 heavy (non-hydrogen) atoms. The van der Waals surface area contributed by atoms with E-state index in [4.69, 9.17) is 11.6 Å². The SMILES string of the molecule is CC(c1ccc(O)cc1)(c1ccc(O)cc1)c1ccc(Cl)cc1. The third-order valence-corrected chi connectivity index (χ3v) is 4.56. The number of benzene rings is 3. The average molecular weight is 325 g/mol. The molecular weight excluding hydrogens is 308 g/mol. The fourth-order valence-electron chi connectivity index (χ4n) is 2.87. The van der Waals surface area contributed by atoms with Crippen molar-refractivity contribution in [3.63, 3.8) is 0 Å². The van der Waals surface area contributed by atoms with Crippen molar-refractivity contribution in [3.05, 3.63) is 94.5 Å². The van der Waals surface area contributed by atoms with Gasteiger partial charge in [0.1, 0.15) is 11.5 Å². The van der Waals surface area contributed by atoms with Gasteiger partial charge < -0.3 is 10.2 Å². The van der Waals surface area contributed by atoms with Crippen molar-refractivity contribution >= 4 is 11.6 Å². The Kier molecular flexibility index (Phi) is 4.01. The first kappa shape index (κ1) is 15.4. The molecule has 3 aromatic rings. The van der Waals surface area contributed by atoms with Crippen LogP contribution in [-0.2, 0) is 5.41 Å². The molecule has 3 rings (SSSR count). The number of aromatic hydroxyl groups is 2. The second kappa shape index (κ2) is 5.98. The fourth-order valence-corrected chi connectivity index (χ4v) is 3.00. The quantitative estimate of drug-likeness (QED) is 0.658. The van der Waals surface area contributed by atoms with E-state index in [9.17, 15) is 10.2 Å². The Morgan fingerprint density at radius 1 is 0.609 bits per heavy atom. The summed E-state index contributed by atoms with van der Waals surface area (Å²) in [5, 5.41) is 19.9. The predicted octanol–water partition coefficient (Wildman–Crippen LogP) is 5.11. The van der Waals surface area contributed by atoms with E-state index in [-0.39, 0.29) is 11.5 Å². The molecule has 2 nitrogen and oxygen atoms in total. The van der Waals surface area contributed by atoms with Crippen LogP contribution in [0.5, 0.6) is 11.5 Å². The lowest BCUT2D eigenvalue weighted by atomic mass is 9.71. The monoisotopic (exact) mass is 324 g/mol. The van der Waals surface area contributed by atoms with Gasteiger partial charge in [0.15, 0.2) is 0 Å². The van der Waals surface area contributed by atoms with Crippen LogP contribution in [0.15, 0.2) is 72.8 Å². The second-order valence-electron chi connectivity index (χ2n) is 5.73. The summed E-state index contributed by atoms with van der Waals surface area (Å²) in [5.74, 6) is 0.468. The Labute approximate surface area is 140 Å². The first-order valence-corrected chi connectivity index (χ1v) is 7.73. The molecule has 0 aliphatic carbocycles. The smallest absolute Gasteiger partial charge is 0.115 e. The minimum atomic E-state index is -0.425. The van der Waals surface area contributed by atoms with Gasteiger partial charge >= 0.3 is 0 Å². The maximum absolute atomic E-state index is 9.59. The molecule has 0 radical (unpaired) electrons. The van der Waals surface area contributed by atoms with Gasteiger partial charge in [0, 0.05) is 10.4 Å². The van der Waals surface area contributed by atoms with E-state index >= 15 is 0 Å². The van der Waals surface area contributed by atoms with Crippen LogP contribution in [0.25, 0.3) is 0 Å². The van der Waals surface area contributed by atoms with Crippen LogP contribution in [0, 0.1) is 0 Å². The topological polar surface area (TPSA) is 40.5 Å². The lowest BCUT2D eigenvalue weighted by Crippen LogP contribution is -2.25. The summed E-state index contributed by atoms with van der Waals surface area (Å²) in [6, 6.07) is 22.1. The van der Waals surface area contributed by atoms with Crippen molar-refractivity contribution < 1.29 is 10.2 Å². The van der Waals surface area contributed by atoms with Crippen molar-refractivity contribution in [1.82, 2.24) is 0 Å². The van der Waals surface area contributed by atoms with Gasteiger partial charge in [-0.3, -0.25) is 0 Å². The molecule has 0 unspecified atom stereocenters. The zero-order valence-corrected chi connectivity index (χ0v) is 13.5. The summed E-state index contributed by atoms with van der Waals surface area (Å²) < 4.78 is 0. The van der Waals surface area contributed by atoms with Gasteiger partial charge in [0.2, 0.25) is 0 Å². The standard InChI is InChI=1S/C20H17ClO2/c1-20(14-2-8-17(21)9-3-14,15-4-10-18(22)11-5-15)16-6-12-19(23)13-7-16/h2-13,22-23H,1H3. The number of hydrogen-bond donors (Lipinski definition) is 2. The van der Waals surface area contributed by atoms with Crippen molar-refractivity contribution in [3.8, 4) is 11.5 Å². The first-order valence-electron chi connectivity index (χ1n) is 7.35. The van der Waals surface area contributed by atoms with Crippen LogP contribution >= 0.6 is 11.6 Å². The highest BCUT2D eigenvalue weighted by Gasteiger charge is 2.31. The molecular formula is C20H17ClO2. The molecule has 0 aliphatic rings. The zero-order valence-electron chi connectivity index (χ0n) is 12.7. The number of hydrogen-bond acceptors (Lipinski definition) is 2. The zero-order chi connectivity index (χ0) is 16.4. The maximum atomic E-state index is 9.59. The molecule has 2 N–H and O–H groups in total. The molecule has 0 fully saturated rings. The minimum absolute atomic E-state index is 0.234. The van der Waals surface area contributed by atoms with Crippen LogP contribution in [0.1, 0.15) is 23.6 Å². The predicted molar refractivity (Wildman–Crippen MR) is 93.2 cm³/mol. The van der Waals surface area contributed by atoms with Crippen molar-refractivity contribution in [1.29, 1.82) is 0 Å². The third-order valence-electron chi connectivity index (χ3n) is 4.31. The lowest BCUT2D eigenvalue weighted by Gasteiger charge is -2.32. The summed E-state index contributed by atoms with van der Waals surface area (Å²) in [5.41, 5.74) is 2.75. The Bertz CT molecular complexity index is 680. The fraction of sp³-hybridized carbons (Fsp3) is 0.100. The molecule has 0 aromatic heterocycles. The normalized spacial score (nSPS) is 11.4. The summed E-state index contributed by atoms with van der Waals surface area (Å²) in [7, 11) is 0. The first-order chi connectivity index (χ1) is 11.0. The third kappa shape index (κ3) is 2.90. The lowest BCUT2D eigenvalue weighted by molar-refractivity contribution is 0.474. The van der Waals surface area contributed by atoms with Crippen molar-refractivity contribution in [2.24, 2.45) is 0 Å². The van der Waals surface area contributed by atoms with Gasteiger partial charge in [-0.2, -0.15) is 0 Å².